The minimum absolute atomic E-state index is 0.355. The van der Waals surface area contributed by atoms with Gasteiger partial charge in [-0.05, 0) is 32.1 Å². The van der Waals surface area contributed by atoms with Gasteiger partial charge in [-0.1, -0.05) is 0 Å². The molecule has 0 aromatic carbocycles. The normalized spacial score (nSPS) is 25.7. The topological polar surface area (TPSA) is 68.3 Å². The molecule has 6 heteroatoms. The number of hydrogen-bond donors (Lipinski definition) is 2. The van der Waals surface area contributed by atoms with E-state index in [1.54, 1.807) is 6.33 Å². The molecule has 2 aliphatic rings. The van der Waals surface area contributed by atoms with E-state index in [2.05, 4.69) is 20.6 Å². The fourth-order valence-electron chi connectivity index (χ4n) is 2.83. The molecule has 0 saturated carbocycles. The first kappa shape index (κ1) is 14.5. The summed E-state index contributed by atoms with van der Waals surface area (Å²) in [5, 5.41) is 6.76. The zero-order valence-corrected chi connectivity index (χ0v) is 12.4. The van der Waals surface area contributed by atoms with Gasteiger partial charge in [0.2, 0.25) is 0 Å². The van der Waals surface area contributed by atoms with Gasteiger partial charge in [-0.15, -0.1) is 0 Å². The highest BCUT2D eigenvalue weighted by Gasteiger charge is 2.15. The predicted octanol–water partition coefficient (Wildman–Crippen LogP) is 2.05. The summed E-state index contributed by atoms with van der Waals surface area (Å²) in [5.41, 5.74) is 0. The maximum Gasteiger partial charge on any atom is 0.131 e. The molecule has 3 heterocycles. The molecule has 2 N–H and O–H groups in total. The van der Waals surface area contributed by atoms with Crippen molar-refractivity contribution in [3.63, 3.8) is 0 Å². The highest BCUT2D eigenvalue weighted by molar-refractivity contribution is 5.46. The number of nitrogens with one attached hydrogen (secondary N) is 2. The Morgan fingerprint density at radius 1 is 1.14 bits per heavy atom. The lowest BCUT2D eigenvalue weighted by atomic mass is 10.1. The average molecular weight is 292 g/mol. The molecule has 2 aliphatic heterocycles. The van der Waals surface area contributed by atoms with Crippen LogP contribution in [0.25, 0.3) is 0 Å². The highest BCUT2D eigenvalue weighted by atomic mass is 16.5. The van der Waals surface area contributed by atoms with Gasteiger partial charge >= 0.3 is 0 Å². The third kappa shape index (κ3) is 4.54. The smallest absolute Gasteiger partial charge is 0.131 e. The van der Waals surface area contributed by atoms with E-state index in [0.717, 1.165) is 57.3 Å². The molecule has 2 fully saturated rings. The number of hydrogen-bond acceptors (Lipinski definition) is 6. The van der Waals surface area contributed by atoms with Crippen LogP contribution in [-0.2, 0) is 9.47 Å². The molecular formula is C15H24N4O2. The summed E-state index contributed by atoms with van der Waals surface area (Å²) in [6.07, 6.45) is 7.65. The standard InChI is InChI=1S/C15H24N4O2/c1-3-12(10-20-7-1)19-15-9-14(17-11-18-15)16-6-5-13-4-2-8-21-13/h9,11-13H,1-8,10H2,(H2,16,17,18,19)/t12-,13+/m1/s1. The van der Waals surface area contributed by atoms with Gasteiger partial charge in [0.25, 0.3) is 0 Å². The summed E-state index contributed by atoms with van der Waals surface area (Å²) in [6.45, 7) is 3.42. The van der Waals surface area contributed by atoms with Gasteiger partial charge in [0.15, 0.2) is 0 Å². The van der Waals surface area contributed by atoms with Gasteiger partial charge in [-0.25, -0.2) is 9.97 Å². The first-order chi connectivity index (χ1) is 10.4. The van der Waals surface area contributed by atoms with Crippen molar-refractivity contribution in [2.24, 2.45) is 0 Å². The van der Waals surface area contributed by atoms with Crippen molar-refractivity contribution >= 4 is 11.6 Å². The summed E-state index contributed by atoms with van der Waals surface area (Å²) in [4.78, 5) is 8.54. The number of rotatable bonds is 6. The van der Waals surface area contributed by atoms with Crippen LogP contribution in [-0.4, -0.2) is 48.5 Å². The first-order valence-corrected chi connectivity index (χ1v) is 7.92. The summed E-state index contributed by atoms with van der Waals surface area (Å²) in [5.74, 6) is 1.72. The first-order valence-electron chi connectivity index (χ1n) is 7.92. The molecular weight excluding hydrogens is 268 g/mol. The van der Waals surface area contributed by atoms with E-state index < -0.39 is 0 Å². The number of ether oxygens (including phenoxy) is 2. The Hall–Kier alpha value is -1.40. The number of nitrogens with zero attached hydrogens (tertiary/aromatic N) is 2. The van der Waals surface area contributed by atoms with Crippen molar-refractivity contribution in [1.82, 2.24) is 9.97 Å². The summed E-state index contributed by atoms with van der Waals surface area (Å²) >= 11 is 0. The fourth-order valence-corrected chi connectivity index (χ4v) is 2.83. The van der Waals surface area contributed by atoms with E-state index in [9.17, 15) is 0 Å². The zero-order chi connectivity index (χ0) is 14.3. The molecule has 2 saturated heterocycles. The van der Waals surface area contributed by atoms with E-state index in [0.29, 0.717) is 12.1 Å². The highest BCUT2D eigenvalue weighted by Crippen LogP contribution is 2.17. The SMILES string of the molecule is c1nc(NCC[C@@H]2CCCO2)cc(N[C@@H]2CCCOC2)n1. The molecule has 1 aromatic rings. The summed E-state index contributed by atoms with van der Waals surface area (Å²) in [7, 11) is 0. The Morgan fingerprint density at radius 2 is 2.05 bits per heavy atom. The van der Waals surface area contributed by atoms with Crippen molar-refractivity contribution < 1.29 is 9.47 Å². The van der Waals surface area contributed by atoms with E-state index in [-0.39, 0.29) is 0 Å². The molecule has 0 amide bonds. The van der Waals surface area contributed by atoms with E-state index in [4.69, 9.17) is 9.47 Å². The molecule has 0 aliphatic carbocycles. The molecule has 116 valence electrons. The molecule has 0 spiro atoms. The molecule has 1 aromatic heterocycles. The van der Waals surface area contributed by atoms with Crippen molar-refractivity contribution in [2.45, 2.75) is 44.2 Å². The zero-order valence-electron chi connectivity index (χ0n) is 12.4. The van der Waals surface area contributed by atoms with Crippen molar-refractivity contribution in [3.05, 3.63) is 12.4 Å². The Labute approximate surface area is 125 Å². The maximum absolute atomic E-state index is 5.62. The summed E-state index contributed by atoms with van der Waals surface area (Å²) < 4.78 is 11.1. The second-order valence-corrected chi connectivity index (χ2v) is 5.70. The van der Waals surface area contributed by atoms with E-state index in [1.807, 2.05) is 6.07 Å². The van der Waals surface area contributed by atoms with E-state index >= 15 is 0 Å². The van der Waals surface area contributed by atoms with Gasteiger partial charge in [0, 0.05) is 25.8 Å². The Bertz CT molecular complexity index is 431. The number of aromatic nitrogens is 2. The molecule has 2 atom stereocenters. The largest absolute Gasteiger partial charge is 0.379 e. The van der Waals surface area contributed by atoms with Crippen LogP contribution in [0.2, 0.25) is 0 Å². The van der Waals surface area contributed by atoms with Gasteiger partial charge < -0.3 is 20.1 Å². The molecule has 0 unspecified atom stereocenters. The molecule has 0 radical (unpaired) electrons. The van der Waals surface area contributed by atoms with Gasteiger partial charge in [-0.3, -0.25) is 0 Å². The maximum atomic E-state index is 5.62. The third-order valence-electron chi connectivity index (χ3n) is 3.98. The van der Waals surface area contributed by atoms with Crippen molar-refractivity contribution in [2.75, 3.05) is 37.0 Å². The van der Waals surface area contributed by atoms with Crippen LogP contribution >= 0.6 is 0 Å². The van der Waals surface area contributed by atoms with Gasteiger partial charge in [0.05, 0.1) is 18.8 Å². The lowest BCUT2D eigenvalue weighted by Crippen LogP contribution is -2.30. The Kier molecular flexibility index (Phi) is 5.23. The lowest BCUT2D eigenvalue weighted by molar-refractivity contribution is 0.0875. The van der Waals surface area contributed by atoms with Crippen LogP contribution in [0.4, 0.5) is 11.6 Å². The molecule has 21 heavy (non-hydrogen) atoms. The molecule has 3 rings (SSSR count). The lowest BCUT2D eigenvalue weighted by Gasteiger charge is -2.23. The van der Waals surface area contributed by atoms with Crippen LogP contribution < -0.4 is 10.6 Å². The second-order valence-electron chi connectivity index (χ2n) is 5.70. The van der Waals surface area contributed by atoms with Crippen LogP contribution in [0.3, 0.4) is 0 Å². The Balaban J connectivity index is 1.45. The van der Waals surface area contributed by atoms with Crippen LogP contribution in [0, 0.1) is 0 Å². The molecule has 6 nitrogen and oxygen atoms in total. The van der Waals surface area contributed by atoms with E-state index in [1.165, 1.54) is 12.8 Å². The fraction of sp³-hybridized carbons (Fsp3) is 0.733. The van der Waals surface area contributed by atoms with Gasteiger partial charge in [-0.2, -0.15) is 0 Å². The second kappa shape index (κ2) is 7.56. The predicted molar refractivity (Wildman–Crippen MR) is 81.6 cm³/mol. The van der Waals surface area contributed by atoms with Crippen molar-refractivity contribution in [3.8, 4) is 0 Å². The minimum Gasteiger partial charge on any atom is -0.379 e. The van der Waals surface area contributed by atoms with Crippen molar-refractivity contribution in [1.29, 1.82) is 0 Å². The third-order valence-corrected chi connectivity index (χ3v) is 3.98. The summed E-state index contributed by atoms with van der Waals surface area (Å²) in [6, 6.07) is 2.32. The van der Waals surface area contributed by atoms with Crippen LogP contribution in [0.5, 0.6) is 0 Å². The van der Waals surface area contributed by atoms with Crippen LogP contribution in [0.15, 0.2) is 12.4 Å². The van der Waals surface area contributed by atoms with Crippen LogP contribution in [0.1, 0.15) is 32.1 Å². The Morgan fingerprint density at radius 3 is 2.86 bits per heavy atom. The molecule has 0 bridgehead atoms. The average Bonchev–Trinajstić information content (AvgIpc) is 3.02. The quantitative estimate of drug-likeness (QED) is 0.836. The number of anilines is 2. The van der Waals surface area contributed by atoms with Gasteiger partial charge in [0.1, 0.15) is 18.0 Å². The minimum atomic E-state index is 0.355. The monoisotopic (exact) mass is 292 g/mol.